The minimum absolute atomic E-state index is 0.0356. The molecule has 0 aliphatic heterocycles. The molecule has 0 saturated carbocycles. The van der Waals surface area contributed by atoms with Gasteiger partial charge in [-0.3, -0.25) is 4.79 Å². The lowest BCUT2D eigenvalue weighted by Gasteiger charge is -2.33. The molecule has 1 rings (SSSR count). The van der Waals surface area contributed by atoms with E-state index in [2.05, 4.69) is 37.4 Å². The molecule has 0 aromatic carbocycles. The molecular formula is C13H22O2Si. The molecule has 2 nitrogen and oxygen atoms in total. The van der Waals surface area contributed by atoms with Gasteiger partial charge < -0.3 is 4.74 Å². The largest absolute Gasteiger partial charge is 0.466 e. The summed E-state index contributed by atoms with van der Waals surface area (Å²) in [7, 11) is -1.65. The molecule has 0 saturated heterocycles. The first-order valence-electron chi connectivity index (χ1n) is 6.00. The normalized spacial score (nSPS) is 18.5. The number of hydrogen-bond acceptors (Lipinski definition) is 2. The van der Waals surface area contributed by atoms with Crippen LogP contribution >= 0.6 is 0 Å². The van der Waals surface area contributed by atoms with E-state index in [4.69, 9.17) is 4.74 Å². The summed E-state index contributed by atoms with van der Waals surface area (Å²) in [6.45, 7) is 8.88. The predicted octanol–water partition coefficient (Wildman–Crippen LogP) is 3.53. The Morgan fingerprint density at radius 2 is 2.00 bits per heavy atom. The average molecular weight is 238 g/mol. The van der Waals surface area contributed by atoms with Crippen LogP contribution in [0.25, 0.3) is 0 Å². The Bertz CT molecular complexity index is 293. The minimum atomic E-state index is -1.65. The van der Waals surface area contributed by atoms with E-state index in [9.17, 15) is 4.79 Å². The van der Waals surface area contributed by atoms with Crippen LogP contribution in [0.5, 0.6) is 0 Å². The smallest absolute Gasteiger partial charge is 0.305 e. The van der Waals surface area contributed by atoms with Gasteiger partial charge in [0, 0.05) is 5.54 Å². The van der Waals surface area contributed by atoms with Crippen molar-refractivity contribution in [1.82, 2.24) is 0 Å². The van der Waals surface area contributed by atoms with E-state index < -0.39 is 8.07 Å². The summed E-state index contributed by atoms with van der Waals surface area (Å²) in [5.74, 6) is -0.0356. The highest BCUT2D eigenvalue weighted by molar-refractivity contribution is 6.83. The number of allylic oxidation sites excluding steroid dienone is 4. The summed E-state index contributed by atoms with van der Waals surface area (Å²) >= 11 is 0. The van der Waals surface area contributed by atoms with E-state index in [1.54, 1.807) is 0 Å². The molecule has 90 valence electrons. The summed E-state index contributed by atoms with van der Waals surface area (Å²) < 4.78 is 5.13. The van der Waals surface area contributed by atoms with Gasteiger partial charge in [-0.2, -0.15) is 0 Å². The highest BCUT2D eigenvalue weighted by Crippen LogP contribution is 2.37. The highest BCUT2D eigenvalue weighted by Gasteiger charge is 2.39. The monoisotopic (exact) mass is 238 g/mol. The third kappa shape index (κ3) is 2.85. The Morgan fingerprint density at radius 3 is 2.50 bits per heavy atom. The SMILES string of the molecule is CCOC(=O)C(C)[Si](C)(C)C1C=CCC=C1. The van der Waals surface area contributed by atoms with Gasteiger partial charge in [-0.1, -0.05) is 44.3 Å². The third-order valence-electron chi connectivity index (χ3n) is 3.57. The summed E-state index contributed by atoms with van der Waals surface area (Å²) in [5, 5.41) is 0. The molecule has 0 aromatic rings. The van der Waals surface area contributed by atoms with Crippen LogP contribution in [0.4, 0.5) is 0 Å². The molecule has 0 heterocycles. The van der Waals surface area contributed by atoms with E-state index in [0.29, 0.717) is 12.1 Å². The predicted molar refractivity (Wildman–Crippen MR) is 70.2 cm³/mol. The Balaban J connectivity index is 2.75. The second-order valence-electron chi connectivity index (χ2n) is 4.91. The van der Waals surface area contributed by atoms with E-state index in [1.165, 1.54) is 0 Å². The van der Waals surface area contributed by atoms with Crippen molar-refractivity contribution in [1.29, 1.82) is 0 Å². The van der Waals surface area contributed by atoms with E-state index >= 15 is 0 Å². The number of rotatable bonds is 4. The molecule has 0 aromatic heterocycles. The fourth-order valence-corrected chi connectivity index (χ4v) is 4.48. The van der Waals surface area contributed by atoms with Gasteiger partial charge in [0.1, 0.15) is 0 Å². The zero-order chi connectivity index (χ0) is 12.2. The molecule has 1 atom stereocenters. The van der Waals surface area contributed by atoms with Crippen LogP contribution in [0.2, 0.25) is 24.2 Å². The zero-order valence-corrected chi connectivity index (χ0v) is 11.7. The van der Waals surface area contributed by atoms with Gasteiger partial charge in [0.15, 0.2) is 0 Å². The maximum Gasteiger partial charge on any atom is 0.305 e. The van der Waals surface area contributed by atoms with Crippen LogP contribution in [0.3, 0.4) is 0 Å². The molecule has 3 heteroatoms. The second kappa shape index (κ2) is 5.48. The maximum atomic E-state index is 11.8. The van der Waals surface area contributed by atoms with E-state index in [0.717, 1.165) is 6.42 Å². The minimum Gasteiger partial charge on any atom is -0.466 e. The van der Waals surface area contributed by atoms with E-state index in [-0.39, 0.29) is 11.5 Å². The molecule has 1 aliphatic carbocycles. The van der Waals surface area contributed by atoms with Crippen molar-refractivity contribution in [2.45, 2.75) is 44.4 Å². The lowest BCUT2D eigenvalue weighted by atomic mass is 10.2. The van der Waals surface area contributed by atoms with Crippen LogP contribution in [0.15, 0.2) is 24.3 Å². The van der Waals surface area contributed by atoms with Crippen LogP contribution in [-0.4, -0.2) is 20.7 Å². The zero-order valence-electron chi connectivity index (χ0n) is 10.7. The number of hydrogen-bond donors (Lipinski definition) is 0. The lowest BCUT2D eigenvalue weighted by Crippen LogP contribution is -2.40. The first-order valence-corrected chi connectivity index (χ1v) is 9.15. The van der Waals surface area contributed by atoms with Crippen molar-refractivity contribution in [2.24, 2.45) is 0 Å². The van der Waals surface area contributed by atoms with Crippen molar-refractivity contribution in [3.8, 4) is 0 Å². The summed E-state index contributed by atoms with van der Waals surface area (Å²) in [6.07, 6.45) is 9.91. The Morgan fingerprint density at radius 1 is 1.44 bits per heavy atom. The van der Waals surface area contributed by atoms with E-state index in [1.807, 2.05) is 13.8 Å². The number of esters is 1. The highest BCUT2D eigenvalue weighted by atomic mass is 28.3. The van der Waals surface area contributed by atoms with Gasteiger partial charge in [-0.05, 0) is 18.9 Å². The fourth-order valence-electron chi connectivity index (χ4n) is 1.95. The number of carbonyl (C=O) groups is 1. The Kier molecular flexibility index (Phi) is 4.53. The molecule has 0 radical (unpaired) electrons. The van der Waals surface area contributed by atoms with Gasteiger partial charge in [0.2, 0.25) is 0 Å². The van der Waals surface area contributed by atoms with Crippen molar-refractivity contribution in [2.75, 3.05) is 6.61 Å². The molecule has 16 heavy (non-hydrogen) atoms. The summed E-state index contributed by atoms with van der Waals surface area (Å²) in [4.78, 5) is 11.8. The number of carbonyl (C=O) groups excluding carboxylic acids is 1. The van der Waals surface area contributed by atoms with Crippen LogP contribution in [-0.2, 0) is 9.53 Å². The number of ether oxygens (including phenoxy) is 1. The topological polar surface area (TPSA) is 26.3 Å². The van der Waals surface area contributed by atoms with Crippen LogP contribution in [0.1, 0.15) is 20.3 Å². The van der Waals surface area contributed by atoms with Crippen molar-refractivity contribution < 1.29 is 9.53 Å². The first kappa shape index (κ1) is 13.2. The van der Waals surface area contributed by atoms with Gasteiger partial charge >= 0.3 is 5.97 Å². The molecule has 1 unspecified atom stereocenters. The van der Waals surface area contributed by atoms with Crippen molar-refractivity contribution in [3.63, 3.8) is 0 Å². The maximum absolute atomic E-state index is 11.8. The molecule has 0 bridgehead atoms. The van der Waals surface area contributed by atoms with Gasteiger partial charge in [-0.25, -0.2) is 0 Å². The molecule has 0 N–H and O–H groups in total. The molecule has 0 spiro atoms. The Labute approximate surface area is 99.4 Å². The average Bonchev–Trinajstić information content (AvgIpc) is 2.29. The standard InChI is InChI=1S/C13H22O2Si/c1-5-15-13(14)11(2)16(3,4)12-9-7-6-8-10-12/h7-12H,5-6H2,1-4H3. The quantitative estimate of drug-likeness (QED) is 0.425. The van der Waals surface area contributed by atoms with Crippen LogP contribution in [0, 0.1) is 0 Å². The molecule has 0 fully saturated rings. The van der Waals surface area contributed by atoms with Crippen molar-refractivity contribution in [3.05, 3.63) is 24.3 Å². The lowest BCUT2D eigenvalue weighted by molar-refractivity contribution is -0.142. The van der Waals surface area contributed by atoms with Crippen LogP contribution < -0.4 is 0 Å². The molecular weight excluding hydrogens is 216 g/mol. The summed E-state index contributed by atoms with van der Waals surface area (Å²) in [5.41, 5.74) is 0.505. The summed E-state index contributed by atoms with van der Waals surface area (Å²) in [6, 6.07) is 0. The third-order valence-corrected chi connectivity index (χ3v) is 8.15. The fraction of sp³-hybridized carbons (Fsp3) is 0.615. The van der Waals surface area contributed by atoms with Crippen molar-refractivity contribution >= 4 is 14.0 Å². The van der Waals surface area contributed by atoms with Gasteiger partial charge in [0.25, 0.3) is 0 Å². The molecule has 1 aliphatic rings. The molecule has 0 amide bonds. The first-order chi connectivity index (χ1) is 7.50. The Hall–Kier alpha value is -0.833. The second-order valence-corrected chi connectivity index (χ2v) is 10.1. The van der Waals surface area contributed by atoms with Gasteiger partial charge in [0.05, 0.1) is 14.7 Å². The van der Waals surface area contributed by atoms with Gasteiger partial charge in [-0.15, -0.1) is 0 Å².